The number of rotatable bonds is 10. The van der Waals surface area contributed by atoms with Gasteiger partial charge >= 0.3 is 0 Å². The number of hydrogen-bond donors (Lipinski definition) is 1. The van der Waals surface area contributed by atoms with Crippen LogP contribution in [0, 0.1) is 0 Å². The van der Waals surface area contributed by atoms with Crippen molar-refractivity contribution in [2.75, 3.05) is 13.1 Å². The molecule has 0 aromatic carbocycles. The Labute approximate surface area is 122 Å². The van der Waals surface area contributed by atoms with Gasteiger partial charge in [-0.05, 0) is 25.8 Å². The molecule has 1 heterocycles. The van der Waals surface area contributed by atoms with Crippen molar-refractivity contribution in [3.8, 4) is 0 Å². The van der Waals surface area contributed by atoms with Gasteiger partial charge in [0.25, 0.3) is 0 Å². The molecule has 0 saturated heterocycles. The van der Waals surface area contributed by atoms with Crippen LogP contribution in [-0.2, 0) is 13.1 Å². The molecular formula is C15H29N5. The predicted molar refractivity (Wildman–Crippen MR) is 81.5 cm³/mol. The molecule has 0 unspecified atom stereocenters. The topological polar surface area (TPSA) is 46.0 Å². The summed E-state index contributed by atoms with van der Waals surface area (Å²) in [6.45, 7) is 10.6. The van der Waals surface area contributed by atoms with Crippen LogP contribution < -0.4 is 5.32 Å². The van der Waals surface area contributed by atoms with E-state index in [1.54, 1.807) is 0 Å². The first-order chi connectivity index (χ1) is 9.69. The van der Waals surface area contributed by atoms with E-state index in [0.29, 0.717) is 6.04 Å². The summed E-state index contributed by atoms with van der Waals surface area (Å²) in [6.07, 6.45) is 7.41. The van der Waals surface area contributed by atoms with Gasteiger partial charge in [0.05, 0.1) is 12.2 Å². The molecule has 5 heteroatoms. The Morgan fingerprint density at radius 1 is 1.40 bits per heavy atom. The maximum atomic E-state index is 4.23. The Morgan fingerprint density at radius 3 is 2.85 bits per heavy atom. The second-order valence-corrected chi connectivity index (χ2v) is 6.13. The molecule has 20 heavy (non-hydrogen) atoms. The van der Waals surface area contributed by atoms with E-state index in [1.807, 2.05) is 4.68 Å². The number of aromatic nitrogens is 3. The van der Waals surface area contributed by atoms with Crippen LogP contribution in [0.25, 0.3) is 0 Å². The molecule has 5 nitrogen and oxygen atoms in total. The van der Waals surface area contributed by atoms with Gasteiger partial charge in [0, 0.05) is 31.4 Å². The Kier molecular flexibility index (Phi) is 5.98. The Morgan fingerprint density at radius 2 is 2.20 bits per heavy atom. The Bertz CT molecular complexity index is 383. The van der Waals surface area contributed by atoms with Gasteiger partial charge in [-0.3, -0.25) is 9.58 Å². The van der Waals surface area contributed by atoms with Gasteiger partial charge in [-0.25, -0.2) is 0 Å². The minimum absolute atomic E-state index is 0.486. The molecule has 0 atom stereocenters. The first-order valence-electron chi connectivity index (χ1n) is 8.05. The van der Waals surface area contributed by atoms with Crippen molar-refractivity contribution < 1.29 is 0 Å². The zero-order valence-electron chi connectivity index (χ0n) is 13.2. The molecule has 114 valence electrons. The van der Waals surface area contributed by atoms with E-state index in [-0.39, 0.29) is 0 Å². The minimum Gasteiger partial charge on any atom is -0.309 e. The third-order valence-electron chi connectivity index (χ3n) is 3.76. The molecule has 1 aromatic heterocycles. The summed E-state index contributed by atoms with van der Waals surface area (Å²) >= 11 is 0. The lowest BCUT2D eigenvalue weighted by Gasteiger charge is -2.21. The fraction of sp³-hybridized carbons (Fsp3) is 0.867. The number of unbranched alkanes of at least 4 members (excludes halogenated alkanes) is 1. The highest BCUT2D eigenvalue weighted by molar-refractivity contribution is 4.92. The SMILES string of the molecule is CCCCN(CCn1cc(CNC(C)C)nn1)C1CC1. The predicted octanol–water partition coefficient (Wildman–Crippen LogP) is 2.04. The van der Waals surface area contributed by atoms with E-state index in [4.69, 9.17) is 0 Å². The van der Waals surface area contributed by atoms with Crippen molar-refractivity contribution >= 4 is 0 Å². The van der Waals surface area contributed by atoms with Crippen LogP contribution in [0.1, 0.15) is 52.1 Å². The second kappa shape index (κ2) is 7.74. The van der Waals surface area contributed by atoms with E-state index in [9.17, 15) is 0 Å². The van der Waals surface area contributed by atoms with Crippen molar-refractivity contribution in [3.05, 3.63) is 11.9 Å². The van der Waals surface area contributed by atoms with Crippen molar-refractivity contribution in [1.29, 1.82) is 0 Å². The summed E-state index contributed by atoms with van der Waals surface area (Å²) < 4.78 is 1.98. The third kappa shape index (κ3) is 5.21. The van der Waals surface area contributed by atoms with Gasteiger partial charge in [-0.15, -0.1) is 5.10 Å². The van der Waals surface area contributed by atoms with Gasteiger partial charge in [0.1, 0.15) is 0 Å². The van der Waals surface area contributed by atoms with Crippen LogP contribution in [0.15, 0.2) is 6.20 Å². The monoisotopic (exact) mass is 279 g/mol. The zero-order valence-corrected chi connectivity index (χ0v) is 13.2. The van der Waals surface area contributed by atoms with Crippen LogP contribution in [0.2, 0.25) is 0 Å². The van der Waals surface area contributed by atoms with Crippen LogP contribution >= 0.6 is 0 Å². The van der Waals surface area contributed by atoms with Gasteiger partial charge in [0.15, 0.2) is 0 Å². The van der Waals surface area contributed by atoms with Gasteiger partial charge in [-0.1, -0.05) is 32.4 Å². The number of hydrogen-bond acceptors (Lipinski definition) is 4. The minimum atomic E-state index is 0.486. The highest BCUT2D eigenvalue weighted by Crippen LogP contribution is 2.26. The molecule has 1 N–H and O–H groups in total. The summed E-state index contributed by atoms with van der Waals surface area (Å²) in [7, 11) is 0. The van der Waals surface area contributed by atoms with Crippen LogP contribution in [0.3, 0.4) is 0 Å². The van der Waals surface area contributed by atoms with Crippen LogP contribution in [0.4, 0.5) is 0 Å². The van der Waals surface area contributed by atoms with Crippen molar-refractivity contribution in [3.63, 3.8) is 0 Å². The highest BCUT2D eigenvalue weighted by atomic mass is 15.4. The lowest BCUT2D eigenvalue weighted by molar-refractivity contribution is 0.244. The third-order valence-corrected chi connectivity index (χ3v) is 3.76. The van der Waals surface area contributed by atoms with Crippen molar-refractivity contribution in [2.45, 2.75) is 71.6 Å². The Balaban J connectivity index is 1.74. The molecule has 2 rings (SSSR count). The van der Waals surface area contributed by atoms with Crippen molar-refractivity contribution in [1.82, 2.24) is 25.2 Å². The maximum Gasteiger partial charge on any atom is 0.0964 e. The van der Waals surface area contributed by atoms with Crippen LogP contribution in [0.5, 0.6) is 0 Å². The summed E-state index contributed by atoms with van der Waals surface area (Å²) in [4.78, 5) is 2.62. The summed E-state index contributed by atoms with van der Waals surface area (Å²) in [5.41, 5.74) is 1.03. The quantitative estimate of drug-likeness (QED) is 0.712. The van der Waals surface area contributed by atoms with E-state index in [1.165, 1.54) is 32.2 Å². The summed E-state index contributed by atoms with van der Waals surface area (Å²) in [5.74, 6) is 0. The van der Waals surface area contributed by atoms with E-state index in [0.717, 1.165) is 31.4 Å². The summed E-state index contributed by atoms with van der Waals surface area (Å²) in [5, 5.41) is 11.8. The molecule has 1 fully saturated rings. The first-order valence-corrected chi connectivity index (χ1v) is 8.05. The number of nitrogens with one attached hydrogen (secondary N) is 1. The fourth-order valence-corrected chi connectivity index (χ4v) is 2.35. The smallest absolute Gasteiger partial charge is 0.0964 e. The molecule has 0 amide bonds. The standard InChI is InChI=1S/C15H29N5/c1-4-5-8-19(15-6-7-15)9-10-20-12-14(17-18-20)11-16-13(2)3/h12-13,15-16H,4-11H2,1-3H3. The molecular weight excluding hydrogens is 250 g/mol. The molecule has 0 bridgehead atoms. The van der Waals surface area contributed by atoms with Crippen LogP contribution in [-0.4, -0.2) is 45.1 Å². The summed E-state index contributed by atoms with van der Waals surface area (Å²) in [6, 6.07) is 1.33. The first kappa shape index (κ1) is 15.4. The lowest BCUT2D eigenvalue weighted by atomic mass is 10.3. The van der Waals surface area contributed by atoms with Crippen molar-refractivity contribution in [2.24, 2.45) is 0 Å². The molecule has 0 spiro atoms. The lowest BCUT2D eigenvalue weighted by Crippen LogP contribution is -2.30. The molecule has 0 radical (unpaired) electrons. The molecule has 1 aromatic rings. The Hall–Kier alpha value is -0.940. The van der Waals surface area contributed by atoms with E-state index < -0.39 is 0 Å². The zero-order chi connectivity index (χ0) is 14.4. The highest BCUT2D eigenvalue weighted by Gasteiger charge is 2.28. The average molecular weight is 279 g/mol. The second-order valence-electron chi connectivity index (χ2n) is 6.13. The molecule has 0 aliphatic heterocycles. The molecule has 1 aliphatic carbocycles. The normalized spacial score (nSPS) is 15.4. The molecule has 1 saturated carbocycles. The molecule has 1 aliphatic rings. The van der Waals surface area contributed by atoms with E-state index in [2.05, 4.69) is 47.5 Å². The maximum absolute atomic E-state index is 4.23. The number of nitrogens with zero attached hydrogens (tertiary/aromatic N) is 4. The van der Waals surface area contributed by atoms with E-state index >= 15 is 0 Å². The fourth-order valence-electron chi connectivity index (χ4n) is 2.35. The van der Waals surface area contributed by atoms with Gasteiger partial charge in [0.2, 0.25) is 0 Å². The average Bonchev–Trinajstić information content (AvgIpc) is 3.16. The largest absolute Gasteiger partial charge is 0.309 e. The van der Waals surface area contributed by atoms with Gasteiger partial charge < -0.3 is 5.32 Å². The van der Waals surface area contributed by atoms with Gasteiger partial charge in [-0.2, -0.15) is 0 Å².